The number of ketones is 1. The first kappa shape index (κ1) is 23.7. The summed E-state index contributed by atoms with van der Waals surface area (Å²) in [6.07, 6.45) is 8.78. The molecule has 0 aromatic heterocycles. The van der Waals surface area contributed by atoms with E-state index in [4.69, 9.17) is 9.05 Å². The molecule has 8 atom stereocenters. The smallest absolute Gasteiger partial charge is 0.334 e. The average Bonchev–Trinajstić information content (AvgIpc) is 3.03. The molecule has 0 saturated heterocycles. The van der Waals surface area contributed by atoms with Crippen LogP contribution in [0, 0.1) is 34.5 Å². The maximum absolute atomic E-state index is 13.9. The van der Waals surface area contributed by atoms with E-state index in [1.54, 1.807) is 6.92 Å². The predicted molar refractivity (Wildman–Crippen MR) is 122 cm³/mol. The number of fused-ring (bicyclic) bond motifs is 5. The van der Waals surface area contributed by atoms with Gasteiger partial charge < -0.3 is 14.2 Å². The van der Waals surface area contributed by atoms with Crippen LogP contribution in [0.15, 0.2) is 11.6 Å². The molecule has 0 radical (unpaired) electrons. The Kier molecular flexibility index (Phi) is 6.40. The number of Topliss-reactive ketones (excluding diaryl/α,β-unsaturated/α-hetero) is 1. The molecule has 4 aliphatic rings. The second-order valence-electron chi connectivity index (χ2n) is 11.0. The second-order valence-corrected chi connectivity index (χ2v) is 13.2. The lowest BCUT2D eigenvalue weighted by molar-refractivity contribution is -0.127. The van der Waals surface area contributed by atoms with E-state index in [0.29, 0.717) is 31.0 Å². The van der Waals surface area contributed by atoms with E-state index in [2.05, 4.69) is 19.9 Å². The maximum Gasteiger partial charge on any atom is 0.334 e. The van der Waals surface area contributed by atoms with Crippen molar-refractivity contribution in [2.24, 2.45) is 34.5 Å². The van der Waals surface area contributed by atoms with Crippen molar-refractivity contribution in [2.45, 2.75) is 91.3 Å². The summed E-state index contributed by atoms with van der Waals surface area (Å²) >= 11 is 0. The topological polar surface area (TPSA) is 72.8 Å². The minimum atomic E-state index is -3.36. The van der Waals surface area contributed by atoms with Crippen LogP contribution >= 0.6 is 7.60 Å². The molecule has 4 aliphatic carbocycles. The highest BCUT2D eigenvalue weighted by Crippen LogP contribution is 2.72. The molecule has 176 valence electrons. The van der Waals surface area contributed by atoms with Gasteiger partial charge >= 0.3 is 7.60 Å². The Balaban J connectivity index is 1.71. The fourth-order valence-electron chi connectivity index (χ4n) is 8.29. The summed E-state index contributed by atoms with van der Waals surface area (Å²) in [6, 6.07) is 0. The number of carbonyl (C=O) groups excluding carboxylic acids is 1. The minimum Gasteiger partial charge on any atom is -0.393 e. The molecular formula is C25H41O5P. The Morgan fingerprint density at radius 2 is 1.84 bits per heavy atom. The summed E-state index contributed by atoms with van der Waals surface area (Å²) < 4.78 is 25.4. The molecule has 0 bridgehead atoms. The van der Waals surface area contributed by atoms with Gasteiger partial charge in [0.15, 0.2) is 0 Å². The molecule has 0 heterocycles. The number of hydrogen-bond acceptors (Lipinski definition) is 5. The van der Waals surface area contributed by atoms with E-state index in [0.717, 1.165) is 44.9 Å². The molecule has 0 aromatic carbocycles. The molecule has 3 saturated carbocycles. The third-order valence-electron chi connectivity index (χ3n) is 9.57. The van der Waals surface area contributed by atoms with Crippen molar-refractivity contribution in [1.29, 1.82) is 0 Å². The Morgan fingerprint density at radius 1 is 1.16 bits per heavy atom. The molecule has 5 nitrogen and oxygen atoms in total. The van der Waals surface area contributed by atoms with E-state index < -0.39 is 7.60 Å². The van der Waals surface area contributed by atoms with E-state index in [1.165, 1.54) is 5.57 Å². The summed E-state index contributed by atoms with van der Waals surface area (Å²) in [5.41, 5.74) is 1.10. The Labute approximate surface area is 187 Å². The molecule has 0 aromatic rings. The minimum absolute atomic E-state index is 0.132. The van der Waals surface area contributed by atoms with Crippen LogP contribution in [0.3, 0.4) is 0 Å². The number of aliphatic hydroxyl groups excluding tert-OH is 1. The zero-order valence-electron chi connectivity index (χ0n) is 19.9. The van der Waals surface area contributed by atoms with Gasteiger partial charge in [-0.2, -0.15) is 0 Å². The molecule has 3 fully saturated rings. The van der Waals surface area contributed by atoms with Crippen LogP contribution in [-0.4, -0.2) is 35.9 Å². The predicted octanol–water partition coefficient (Wildman–Crippen LogP) is 5.76. The summed E-state index contributed by atoms with van der Waals surface area (Å²) in [7, 11) is -3.36. The molecule has 6 heteroatoms. The highest BCUT2D eigenvalue weighted by atomic mass is 31.2. The van der Waals surface area contributed by atoms with Crippen LogP contribution in [0.2, 0.25) is 0 Å². The standard InChI is InChI=1S/C25H41O5P/c1-6-29-31(28,30-7-2)22-15-21-19-9-8-17-14-18(27)10-12-24(17,4)20(19)11-13-25(21,5)23(22)16(3)26/h8,18-23,27H,6-7,9-15H2,1-5H3/t18-,19+,20-,21-,22?,23-,24-,25-/m0/s1. The lowest BCUT2D eigenvalue weighted by Gasteiger charge is -2.57. The Morgan fingerprint density at radius 3 is 2.45 bits per heavy atom. The summed E-state index contributed by atoms with van der Waals surface area (Å²) in [5.74, 6) is 1.27. The molecule has 0 spiro atoms. The first-order chi connectivity index (χ1) is 14.6. The van der Waals surface area contributed by atoms with Crippen molar-refractivity contribution < 1.29 is 23.5 Å². The number of hydrogen-bond donors (Lipinski definition) is 1. The highest BCUT2D eigenvalue weighted by molar-refractivity contribution is 7.54. The molecule has 4 rings (SSSR count). The largest absolute Gasteiger partial charge is 0.393 e. The van der Waals surface area contributed by atoms with Crippen LogP contribution < -0.4 is 0 Å². The van der Waals surface area contributed by atoms with Gasteiger partial charge in [-0.25, -0.2) is 0 Å². The SMILES string of the molecule is CCOP(=O)(OCC)C1C[C@H]2[C@@H]3CC=C4C[C@@H](O)CC[C@]4(C)[C@H]3CC[C@]2(C)[C@H]1C(C)=O. The van der Waals surface area contributed by atoms with Gasteiger partial charge in [0.25, 0.3) is 0 Å². The Bertz CT molecular complexity index is 783. The van der Waals surface area contributed by atoms with Gasteiger partial charge in [-0.1, -0.05) is 25.5 Å². The molecule has 1 N–H and O–H groups in total. The third-order valence-corrected chi connectivity index (χ3v) is 12.1. The lowest BCUT2D eigenvalue weighted by atomic mass is 9.47. The van der Waals surface area contributed by atoms with E-state index in [-0.39, 0.29) is 34.3 Å². The summed E-state index contributed by atoms with van der Waals surface area (Å²) in [5, 5.41) is 10.2. The van der Waals surface area contributed by atoms with Crippen molar-refractivity contribution in [3.05, 3.63) is 11.6 Å². The van der Waals surface area contributed by atoms with Crippen molar-refractivity contribution in [2.75, 3.05) is 13.2 Å². The summed E-state index contributed by atoms with van der Waals surface area (Å²) in [4.78, 5) is 13.0. The van der Waals surface area contributed by atoms with Gasteiger partial charge in [0.05, 0.1) is 25.0 Å². The molecular weight excluding hydrogens is 411 g/mol. The van der Waals surface area contributed by atoms with E-state index in [1.807, 2.05) is 13.8 Å². The highest BCUT2D eigenvalue weighted by Gasteiger charge is 2.65. The van der Waals surface area contributed by atoms with Gasteiger partial charge in [-0.3, -0.25) is 9.36 Å². The van der Waals surface area contributed by atoms with Crippen LogP contribution in [0.4, 0.5) is 0 Å². The average molecular weight is 453 g/mol. The molecule has 0 amide bonds. The van der Waals surface area contributed by atoms with Gasteiger partial charge in [0.2, 0.25) is 0 Å². The number of aliphatic hydroxyl groups is 1. The zero-order chi connectivity index (χ0) is 22.6. The van der Waals surface area contributed by atoms with Gasteiger partial charge in [0.1, 0.15) is 5.78 Å². The second kappa shape index (κ2) is 8.38. The number of rotatable bonds is 6. The quantitative estimate of drug-likeness (QED) is 0.410. The first-order valence-corrected chi connectivity index (χ1v) is 14.0. The van der Waals surface area contributed by atoms with E-state index in [9.17, 15) is 14.5 Å². The van der Waals surface area contributed by atoms with Gasteiger partial charge in [0, 0.05) is 5.92 Å². The van der Waals surface area contributed by atoms with Crippen molar-refractivity contribution in [3.63, 3.8) is 0 Å². The summed E-state index contributed by atoms with van der Waals surface area (Å²) in [6.45, 7) is 10.7. The number of carbonyl (C=O) groups is 1. The third kappa shape index (κ3) is 3.63. The van der Waals surface area contributed by atoms with Gasteiger partial charge in [-0.15, -0.1) is 0 Å². The number of allylic oxidation sites excluding steroid dienone is 1. The Hall–Kier alpha value is -0.480. The lowest BCUT2D eigenvalue weighted by Crippen LogP contribution is -2.51. The zero-order valence-corrected chi connectivity index (χ0v) is 20.8. The normalized spacial score (nSPS) is 44.8. The fourth-order valence-corrected chi connectivity index (χ4v) is 10.9. The van der Waals surface area contributed by atoms with Crippen molar-refractivity contribution in [3.8, 4) is 0 Å². The fraction of sp³-hybridized carbons (Fsp3) is 0.880. The monoisotopic (exact) mass is 452 g/mol. The van der Waals surface area contributed by atoms with Gasteiger partial charge in [-0.05, 0) is 94.3 Å². The molecule has 1 unspecified atom stereocenters. The van der Waals surface area contributed by atoms with Crippen molar-refractivity contribution in [1.82, 2.24) is 0 Å². The first-order valence-electron chi connectivity index (χ1n) is 12.4. The molecule has 0 aliphatic heterocycles. The maximum atomic E-state index is 13.9. The molecule has 31 heavy (non-hydrogen) atoms. The van der Waals surface area contributed by atoms with E-state index >= 15 is 0 Å². The van der Waals surface area contributed by atoms with Crippen LogP contribution in [0.5, 0.6) is 0 Å². The van der Waals surface area contributed by atoms with Crippen LogP contribution in [-0.2, 0) is 18.4 Å². The van der Waals surface area contributed by atoms with Crippen LogP contribution in [0.25, 0.3) is 0 Å². The van der Waals surface area contributed by atoms with Crippen LogP contribution in [0.1, 0.15) is 79.6 Å². The van der Waals surface area contributed by atoms with Crippen molar-refractivity contribution >= 4 is 13.4 Å².